The maximum absolute atomic E-state index is 12.2. The first-order valence-corrected chi connectivity index (χ1v) is 8.31. The molecule has 6 heteroatoms. The molecule has 3 rings (SSSR count). The summed E-state index contributed by atoms with van der Waals surface area (Å²) in [6.45, 7) is 5.10. The summed E-state index contributed by atoms with van der Waals surface area (Å²) in [5.41, 5.74) is 1.02. The Labute approximate surface area is 132 Å². The molecular formula is C15H21BrN4O. The van der Waals surface area contributed by atoms with Gasteiger partial charge in [-0.3, -0.25) is 4.79 Å². The highest BCUT2D eigenvalue weighted by Gasteiger charge is 2.40. The van der Waals surface area contributed by atoms with Crippen LogP contribution < -0.4 is 16.2 Å². The molecule has 1 saturated carbocycles. The quantitative estimate of drug-likeness (QED) is 0.816. The van der Waals surface area contributed by atoms with E-state index in [1.807, 2.05) is 0 Å². The van der Waals surface area contributed by atoms with Crippen molar-refractivity contribution in [3.8, 4) is 0 Å². The molecule has 2 fully saturated rings. The third-order valence-electron chi connectivity index (χ3n) is 4.59. The van der Waals surface area contributed by atoms with Crippen molar-refractivity contribution in [3.63, 3.8) is 0 Å². The van der Waals surface area contributed by atoms with Gasteiger partial charge in [-0.15, -0.1) is 6.58 Å². The van der Waals surface area contributed by atoms with E-state index in [-0.39, 0.29) is 5.56 Å². The summed E-state index contributed by atoms with van der Waals surface area (Å²) in [7, 11) is 0. The molecule has 0 bridgehead atoms. The minimum absolute atomic E-state index is 0.118. The van der Waals surface area contributed by atoms with Crippen LogP contribution in [0.25, 0.3) is 0 Å². The first kappa shape index (κ1) is 14.8. The van der Waals surface area contributed by atoms with Crippen molar-refractivity contribution in [1.29, 1.82) is 0 Å². The summed E-state index contributed by atoms with van der Waals surface area (Å²) < 4.78 is 1.96. The van der Waals surface area contributed by atoms with Crippen molar-refractivity contribution in [1.82, 2.24) is 15.1 Å². The SMILES string of the molecule is C=CCn1ncc(NC2CCNC3(CCC3)C2)c(Br)c1=O. The van der Waals surface area contributed by atoms with Gasteiger partial charge in [-0.1, -0.05) is 6.08 Å². The lowest BCUT2D eigenvalue weighted by Gasteiger charge is -2.48. The molecule has 5 nitrogen and oxygen atoms in total. The van der Waals surface area contributed by atoms with Crippen molar-refractivity contribution in [2.45, 2.75) is 50.2 Å². The first-order chi connectivity index (χ1) is 10.1. The Morgan fingerprint density at radius 3 is 3.10 bits per heavy atom. The highest BCUT2D eigenvalue weighted by molar-refractivity contribution is 9.10. The smallest absolute Gasteiger partial charge is 0.283 e. The van der Waals surface area contributed by atoms with Crippen molar-refractivity contribution in [2.75, 3.05) is 11.9 Å². The second-order valence-electron chi connectivity index (χ2n) is 6.04. The highest BCUT2D eigenvalue weighted by Crippen LogP contribution is 2.39. The Kier molecular flexibility index (Phi) is 4.17. The van der Waals surface area contributed by atoms with E-state index in [0.29, 0.717) is 22.6 Å². The van der Waals surface area contributed by atoms with Gasteiger partial charge < -0.3 is 10.6 Å². The molecule has 0 amide bonds. The Morgan fingerprint density at radius 1 is 1.62 bits per heavy atom. The van der Waals surface area contributed by atoms with Crippen LogP contribution in [-0.2, 0) is 6.54 Å². The number of anilines is 1. The average molecular weight is 353 g/mol. The number of hydrogen-bond donors (Lipinski definition) is 2. The number of allylic oxidation sites excluding steroid dienone is 1. The molecule has 2 aliphatic rings. The van der Waals surface area contributed by atoms with E-state index in [9.17, 15) is 4.79 Å². The van der Waals surface area contributed by atoms with Crippen LogP contribution in [0.5, 0.6) is 0 Å². The number of piperidine rings is 1. The number of rotatable bonds is 4. The summed E-state index contributed by atoms with van der Waals surface area (Å²) in [5.74, 6) is 0. The van der Waals surface area contributed by atoms with Crippen LogP contribution in [-0.4, -0.2) is 27.9 Å². The molecule has 114 valence electrons. The summed E-state index contributed by atoms with van der Waals surface area (Å²) in [6, 6.07) is 0.402. The van der Waals surface area contributed by atoms with E-state index in [0.717, 1.165) is 25.1 Å². The molecule has 21 heavy (non-hydrogen) atoms. The van der Waals surface area contributed by atoms with Crippen molar-refractivity contribution < 1.29 is 0 Å². The standard InChI is InChI=1S/C15H21BrN4O/c1-2-8-20-14(21)13(16)12(10-18-20)19-11-4-7-17-15(9-11)5-3-6-15/h2,10-11,17,19H,1,3-9H2. The normalized spacial score (nSPS) is 23.6. The third-order valence-corrected chi connectivity index (χ3v) is 5.35. The van der Waals surface area contributed by atoms with Crippen LogP contribution in [0.4, 0.5) is 5.69 Å². The fraction of sp³-hybridized carbons (Fsp3) is 0.600. The molecule has 1 unspecified atom stereocenters. The number of nitrogens with one attached hydrogen (secondary N) is 2. The Bertz CT molecular complexity index is 594. The van der Waals surface area contributed by atoms with Gasteiger partial charge in [0, 0.05) is 11.6 Å². The molecule has 0 radical (unpaired) electrons. The molecule has 1 aliphatic carbocycles. The van der Waals surface area contributed by atoms with E-state index in [2.05, 4.69) is 38.2 Å². The molecule has 1 spiro atoms. The Balaban J connectivity index is 1.74. The lowest BCUT2D eigenvalue weighted by molar-refractivity contribution is 0.135. The van der Waals surface area contributed by atoms with Crippen LogP contribution in [0.3, 0.4) is 0 Å². The van der Waals surface area contributed by atoms with E-state index in [4.69, 9.17) is 0 Å². The zero-order valence-corrected chi connectivity index (χ0v) is 13.7. The van der Waals surface area contributed by atoms with Gasteiger partial charge in [0.05, 0.1) is 18.4 Å². The van der Waals surface area contributed by atoms with Gasteiger partial charge >= 0.3 is 0 Å². The van der Waals surface area contributed by atoms with Crippen molar-refractivity contribution >= 4 is 21.6 Å². The molecule has 2 heterocycles. The number of hydrogen-bond acceptors (Lipinski definition) is 4. The van der Waals surface area contributed by atoms with Gasteiger partial charge in [0.25, 0.3) is 5.56 Å². The van der Waals surface area contributed by atoms with Gasteiger partial charge in [-0.25, -0.2) is 4.68 Å². The molecule has 2 N–H and O–H groups in total. The minimum Gasteiger partial charge on any atom is -0.380 e. The zero-order chi connectivity index (χ0) is 14.9. The molecule has 0 aromatic carbocycles. The van der Waals surface area contributed by atoms with E-state index in [1.165, 1.54) is 23.9 Å². The highest BCUT2D eigenvalue weighted by atomic mass is 79.9. The van der Waals surface area contributed by atoms with E-state index >= 15 is 0 Å². The molecule has 1 aromatic heterocycles. The van der Waals surface area contributed by atoms with E-state index < -0.39 is 0 Å². The van der Waals surface area contributed by atoms with Crippen molar-refractivity contribution in [2.24, 2.45) is 0 Å². The molecule has 1 atom stereocenters. The summed E-state index contributed by atoms with van der Waals surface area (Å²) >= 11 is 3.40. The number of aromatic nitrogens is 2. The molecule has 1 aliphatic heterocycles. The largest absolute Gasteiger partial charge is 0.380 e. The maximum atomic E-state index is 12.2. The lowest BCUT2D eigenvalue weighted by Crippen LogP contribution is -2.58. The van der Waals surface area contributed by atoms with Crippen LogP contribution in [0.1, 0.15) is 32.1 Å². The summed E-state index contributed by atoms with van der Waals surface area (Å²) in [5, 5.41) is 11.3. The Hall–Kier alpha value is -1.14. The summed E-state index contributed by atoms with van der Waals surface area (Å²) in [6.07, 6.45) is 9.45. The Morgan fingerprint density at radius 2 is 2.43 bits per heavy atom. The van der Waals surface area contributed by atoms with Crippen LogP contribution >= 0.6 is 15.9 Å². The molecule has 1 aromatic rings. The second kappa shape index (κ2) is 5.93. The molecule has 1 saturated heterocycles. The van der Waals surface area contributed by atoms with Crippen LogP contribution in [0.15, 0.2) is 28.1 Å². The summed E-state index contributed by atoms with van der Waals surface area (Å²) in [4.78, 5) is 12.2. The van der Waals surface area contributed by atoms with E-state index in [1.54, 1.807) is 12.3 Å². The zero-order valence-electron chi connectivity index (χ0n) is 12.1. The minimum atomic E-state index is -0.118. The van der Waals surface area contributed by atoms with Gasteiger partial charge in [0.15, 0.2) is 0 Å². The third kappa shape index (κ3) is 2.92. The van der Waals surface area contributed by atoms with Crippen LogP contribution in [0.2, 0.25) is 0 Å². The monoisotopic (exact) mass is 352 g/mol. The second-order valence-corrected chi connectivity index (χ2v) is 6.84. The van der Waals surface area contributed by atoms with Gasteiger partial charge in [-0.2, -0.15) is 5.10 Å². The maximum Gasteiger partial charge on any atom is 0.283 e. The predicted molar refractivity (Wildman–Crippen MR) is 87.6 cm³/mol. The average Bonchev–Trinajstić information content (AvgIpc) is 2.46. The van der Waals surface area contributed by atoms with Crippen LogP contribution in [0, 0.1) is 0 Å². The number of halogens is 1. The number of nitrogens with zero attached hydrogens (tertiary/aromatic N) is 2. The van der Waals surface area contributed by atoms with Crippen molar-refractivity contribution in [3.05, 3.63) is 33.7 Å². The fourth-order valence-corrected chi connectivity index (χ4v) is 3.72. The molecular weight excluding hydrogens is 332 g/mol. The van der Waals surface area contributed by atoms with Gasteiger partial charge in [-0.05, 0) is 54.6 Å². The van der Waals surface area contributed by atoms with Gasteiger partial charge in [0.2, 0.25) is 0 Å². The predicted octanol–water partition coefficient (Wildman–Crippen LogP) is 2.28. The first-order valence-electron chi connectivity index (χ1n) is 7.52. The van der Waals surface area contributed by atoms with Gasteiger partial charge in [0.1, 0.15) is 4.47 Å². The topological polar surface area (TPSA) is 59.0 Å². The lowest BCUT2D eigenvalue weighted by atomic mass is 9.70. The fourth-order valence-electron chi connectivity index (χ4n) is 3.30.